The Bertz CT molecular complexity index is 1240. The van der Waals surface area contributed by atoms with Crippen LogP contribution >= 0.6 is 11.6 Å². The van der Waals surface area contributed by atoms with E-state index in [0.717, 1.165) is 25.2 Å². The summed E-state index contributed by atoms with van der Waals surface area (Å²) in [5.74, 6) is 0.320. The number of rotatable bonds is 5. The standard InChI is InChI=1S/C25H30ClN5O3/c26-20-15-18(17-29-10-2-1-3-11-29)6-7-19(20)24(33)30-13-8-25(34,9-14-30)16-22-27-23(32)21-5-4-12-31(21)28-22/h4-7,12,15,34H,1-3,8-11,13-14,16-17H2,(H,27,28,32). The van der Waals surface area contributed by atoms with Crippen molar-refractivity contribution in [2.24, 2.45) is 0 Å². The van der Waals surface area contributed by atoms with E-state index in [0.29, 0.717) is 47.9 Å². The first-order chi connectivity index (χ1) is 16.4. The smallest absolute Gasteiger partial charge is 0.275 e. The summed E-state index contributed by atoms with van der Waals surface area (Å²) in [5, 5.41) is 16.0. The topological polar surface area (TPSA) is 93.9 Å². The highest BCUT2D eigenvalue weighted by atomic mass is 35.5. The van der Waals surface area contributed by atoms with E-state index in [-0.39, 0.29) is 17.9 Å². The number of hydrogen-bond donors (Lipinski definition) is 2. The quantitative estimate of drug-likeness (QED) is 0.582. The highest BCUT2D eigenvalue weighted by molar-refractivity contribution is 6.33. The number of carbonyl (C=O) groups is 1. The summed E-state index contributed by atoms with van der Waals surface area (Å²) in [6.45, 7) is 3.90. The van der Waals surface area contributed by atoms with Gasteiger partial charge in [-0.05, 0) is 68.6 Å². The van der Waals surface area contributed by atoms with E-state index in [1.807, 2.05) is 18.2 Å². The highest BCUT2D eigenvalue weighted by Crippen LogP contribution is 2.28. The van der Waals surface area contributed by atoms with E-state index >= 15 is 0 Å². The zero-order valence-corrected chi connectivity index (χ0v) is 19.9. The average molecular weight is 484 g/mol. The Hall–Kier alpha value is -2.68. The Balaban J connectivity index is 1.21. The van der Waals surface area contributed by atoms with Gasteiger partial charge in [0.05, 0.1) is 16.2 Å². The van der Waals surface area contributed by atoms with E-state index in [1.165, 1.54) is 23.8 Å². The Morgan fingerprint density at radius 2 is 1.88 bits per heavy atom. The molecule has 0 unspecified atom stereocenters. The van der Waals surface area contributed by atoms with Gasteiger partial charge in [0.15, 0.2) is 0 Å². The first kappa shape index (κ1) is 23.1. The van der Waals surface area contributed by atoms with Gasteiger partial charge in [0, 0.05) is 32.3 Å². The average Bonchev–Trinajstić information content (AvgIpc) is 3.29. The van der Waals surface area contributed by atoms with Gasteiger partial charge >= 0.3 is 0 Å². The van der Waals surface area contributed by atoms with Gasteiger partial charge in [0.2, 0.25) is 0 Å². The molecule has 2 fully saturated rings. The molecule has 0 aliphatic carbocycles. The number of likely N-dealkylation sites (tertiary alicyclic amines) is 2. The summed E-state index contributed by atoms with van der Waals surface area (Å²) in [5.41, 5.74) is 0.825. The number of halogens is 1. The molecule has 34 heavy (non-hydrogen) atoms. The van der Waals surface area contributed by atoms with Crippen molar-refractivity contribution in [3.63, 3.8) is 0 Å². The predicted molar refractivity (Wildman–Crippen MR) is 130 cm³/mol. The molecule has 1 aromatic carbocycles. The fourth-order valence-electron chi connectivity index (χ4n) is 5.06. The number of fused-ring (bicyclic) bond motifs is 1. The Labute approximate surface area is 203 Å². The fraction of sp³-hybridized carbons (Fsp3) is 0.480. The second-order valence-corrected chi connectivity index (χ2v) is 9.99. The van der Waals surface area contributed by atoms with Crippen molar-refractivity contribution in [1.29, 1.82) is 0 Å². The molecule has 0 atom stereocenters. The Kier molecular flexibility index (Phi) is 6.46. The Morgan fingerprint density at radius 1 is 1.12 bits per heavy atom. The molecule has 1 amide bonds. The van der Waals surface area contributed by atoms with Crippen LogP contribution in [0, 0.1) is 0 Å². The van der Waals surface area contributed by atoms with Crippen molar-refractivity contribution < 1.29 is 9.90 Å². The van der Waals surface area contributed by atoms with Crippen molar-refractivity contribution in [1.82, 2.24) is 24.4 Å². The maximum atomic E-state index is 13.1. The lowest BCUT2D eigenvalue weighted by Crippen LogP contribution is -2.48. The van der Waals surface area contributed by atoms with Crippen molar-refractivity contribution >= 4 is 23.0 Å². The molecule has 9 heteroatoms. The highest BCUT2D eigenvalue weighted by Gasteiger charge is 2.35. The number of aromatic nitrogens is 3. The third-order valence-corrected chi connectivity index (χ3v) is 7.36. The zero-order chi connectivity index (χ0) is 23.7. The molecule has 180 valence electrons. The van der Waals surface area contributed by atoms with Crippen LogP contribution in [-0.4, -0.2) is 67.2 Å². The van der Waals surface area contributed by atoms with Crippen LogP contribution in [0.4, 0.5) is 0 Å². The predicted octanol–water partition coefficient (Wildman–Crippen LogP) is 2.87. The van der Waals surface area contributed by atoms with Crippen LogP contribution in [0.1, 0.15) is 53.8 Å². The molecular weight excluding hydrogens is 454 g/mol. The van der Waals surface area contributed by atoms with Crippen LogP contribution in [0.2, 0.25) is 5.02 Å². The number of carbonyl (C=O) groups excluding carboxylic acids is 1. The zero-order valence-electron chi connectivity index (χ0n) is 19.2. The van der Waals surface area contributed by atoms with Gasteiger partial charge < -0.3 is 15.0 Å². The summed E-state index contributed by atoms with van der Waals surface area (Å²) < 4.78 is 1.52. The SMILES string of the molecule is O=C(c1ccc(CN2CCCCC2)cc1Cl)N1CCC(O)(Cc2nn3cccc3c(=O)[nH]2)CC1. The minimum Gasteiger partial charge on any atom is -0.389 e. The summed E-state index contributed by atoms with van der Waals surface area (Å²) in [6.07, 6.45) is 6.50. The number of piperidine rings is 2. The van der Waals surface area contributed by atoms with E-state index < -0.39 is 5.60 Å². The molecule has 2 saturated heterocycles. The molecule has 2 aliphatic rings. The van der Waals surface area contributed by atoms with Crippen LogP contribution in [-0.2, 0) is 13.0 Å². The lowest BCUT2D eigenvalue weighted by atomic mass is 9.87. The van der Waals surface area contributed by atoms with E-state index in [1.54, 1.807) is 23.2 Å². The number of aliphatic hydroxyl groups is 1. The van der Waals surface area contributed by atoms with Gasteiger partial charge in [-0.1, -0.05) is 24.1 Å². The first-order valence-electron chi connectivity index (χ1n) is 12.0. The number of aromatic amines is 1. The minimum atomic E-state index is -1.03. The summed E-state index contributed by atoms with van der Waals surface area (Å²) in [4.78, 5) is 32.3. The summed E-state index contributed by atoms with van der Waals surface area (Å²) in [7, 11) is 0. The molecule has 4 heterocycles. The largest absolute Gasteiger partial charge is 0.389 e. The van der Waals surface area contributed by atoms with Crippen molar-refractivity contribution in [3.8, 4) is 0 Å². The van der Waals surface area contributed by atoms with Gasteiger partial charge in [-0.15, -0.1) is 0 Å². The van der Waals surface area contributed by atoms with Gasteiger partial charge in [-0.25, -0.2) is 4.52 Å². The third-order valence-electron chi connectivity index (χ3n) is 7.04. The second kappa shape index (κ2) is 9.52. The molecular formula is C25H30ClN5O3. The number of H-pyrrole nitrogens is 1. The van der Waals surface area contributed by atoms with Crippen LogP contribution in [0.25, 0.3) is 5.52 Å². The molecule has 2 aromatic heterocycles. The van der Waals surface area contributed by atoms with Crippen LogP contribution in [0.15, 0.2) is 41.3 Å². The number of amides is 1. The molecule has 5 rings (SSSR count). The maximum Gasteiger partial charge on any atom is 0.275 e. The summed E-state index contributed by atoms with van der Waals surface area (Å²) >= 11 is 6.52. The monoisotopic (exact) mass is 483 g/mol. The van der Waals surface area contributed by atoms with Gasteiger partial charge in [-0.2, -0.15) is 5.10 Å². The van der Waals surface area contributed by atoms with Gasteiger partial charge in [0.25, 0.3) is 11.5 Å². The van der Waals surface area contributed by atoms with Crippen LogP contribution < -0.4 is 5.56 Å². The van der Waals surface area contributed by atoms with Crippen molar-refractivity contribution in [3.05, 3.63) is 68.9 Å². The van der Waals surface area contributed by atoms with Crippen LogP contribution in [0.5, 0.6) is 0 Å². The molecule has 3 aromatic rings. The minimum absolute atomic E-state index is 0.114. The fourth-order valence-corrected chi connectivity index (χ4v) is 5.34. The molecule has 2 N–H and O–H groups in total. The maximum absolute atomic E-state index is 13.1. The van der Waals surface area contributed by atoms with E-state index in [4.69, 9.17) is 11.6 Å². The van der Waals surface area contributed by atoms with Crippen LogP contribution in [0.3, 0.4) is 0 Å². The molecule has 0 saturated carbocycles. The lowest BCUT2D eigenvalue weighted by Gasteiger charge is -2.38. The number of hydrogen-bond acceptors (Lipinski definition) is 5. The van der Waals surface area contributed by atoms with Gasteiger partial charge in [-0.3, -0.25) is 14.5 Å². The number of benzene rings is 1. The van der Waals surface area contributed by atoms with Crippen molar-refractivity contribution in [2.75, 3.05) is 26.2 Å². The van der Waals surface area contributed by atoms with Gasteiger partial charge in [0.1, 0.15) is 11.3 Å². The molecule has 0 spiro atoms. The normalized spacial score (nSPS) is 18.9. The van der Waals surface area contributed by atoms with E-state index in [2.05, 4.69) is 15.0 Å². The number of nitrogens with one attached hydrogen (secondary N) is 1. The summed E-state index contributed by atoms with van der Waals surface area (Å²) in [6, 6.07) is 9.17. The number of nitrogens with zero attached hydrogens (tertiary/aromatic N) is 4. The molecule has 8 nitrogen and oxygen atoms in total. The first-order valence-corrected chi connectivity index (χ1v) is 12.4. The molecule has 0 bridgehead atoms. The van der Waals surface area contributed by atoms with Crippen molar-refractivity contribution in [2.45, 2.75) is 50.7 Å². The lowest BCUT2D eigenvalue weighted by molar-refractivity contribution is -0.0178. The Morgan fingerprint density at radius 3 is 2.62 bits per heavy atom. The van der Waals surface area contributed by atoms with E-state index in [9.17, 15) is 14.7 Å². The second-order valence-electron chi connectivity index (χ2n) is 9.58. The molecule has 0 radical (unpaired) electrons. The third kappa shape index (κ3) is 4.89. The molecule has 2 aliphatic heterocycles.